The Bertz CT molecular complexity index is 44.3. The van der Waals surface area contributed by atoms with Crippen LogP contribution in [0.15, 0.2) is 0 Å². The molecule has 0 aromatic carbocycles. The molecule has 0 aromatic heterocycles. The normalized spacial score (nSPS) is 10.0. The predicted octanol–water partition coefficient (Wildman–Crippen LogP) is 0.748. The van der Waals surface area contributed by atoms with Crippen molar-refractivity contribution in [2.24, 2.45) is 0 Å². The zero-order valence-corrected chi connectivity index (χ0v) is 6.62. The van der Waals surface area contributed by atoms with Crippen molar-refractivity contribution in [1.82, 2.24) is 0 Å². The van der Waals surface area contributed by atoms with Crippen LogP contribution in [0.4, 0.5) is 0 Å². The van der Waals surface area contributed by atoms with Gasteiger partial charge in [-0.15, -0.1) is 0 Å². The van der Waals surface area contributed by atoms with Crippen LogP contribution < -0.4 is 0 Å². The molecule has 0 unspecified atom stereocenters. The van der Waals surface area contributed by atoms with Gasteiger partial charge >= 0.3 is 0 Å². The summed E-state index contributed by atoms with van der Waals surface area (Å²) in [5.74, 6) is 1.14. The number of thioether (sulfide) groups is 1. The van der Waals surface area contributed by atoms with Gasteiger partial charge in [0.05, 0.1) is 13.2 Å². The Morgan fingerprint density at radius 1 is 1.44 bits per heavy atom. The number of aliphatic hydroxyl groups excluding tert-OH is 1. The van der Waals surface area contributed by atoms with Gasteiger partial charge in [-0.1, -0.05) is 0 Å². The third-order valence-corrected chi connectivity index (χ3v) is 1.57. The molecule has 56 valence electrons. The smallest absolute Gasteiger partial charge is 0.0697 e. The van der Waals surface area contributed by atoms with Crippen molar-refractivity contribution >= 4 is 11.8 Å². The van der Waals surface area contributed by atoms with Crippen LogP contribution >= 0.6 is 11.8 Å². The van der Waals surface area contributed by atoms with E-state index in [1.165, 1.54) is 0 Å². The molecule has 0 radical (unpaired) electrons. The molecular weight excluding hydrogens is 136 g/mol. The van der Waals surface area contributed by atoms with Crippen molar-refractivity contribution in [1.29, 1.82) is 0 Å². The summed E-state index contributed by atoms with van der Waals surface area (Å²) in [5.41, 5.74) is 0. The van der Waals surface area contributed by atoms with Crippen molar-refractivity contribution in [3.05, 3.63) is 0 Å². The van der Waals surface area contributed by atoms with E-state index in [1.807, 2.05) is 11.8 Å². The highest BCUT2D eigenvalue weighted by Gasteiger charge is 1.85. The Hall–Kier alpha value is 0.270. The highest BCUT2D eigenvalue weighted by atomic mass is 32.2. The molecule has 1 N–H and O–H groups in total. The Morgan fingerprint density at radius 2 is 2.22 bits per heavy atom. The molecule has 0 atom stereocenters. The first-order valence-electron chi connectivity index (χ1n) is 3.09. The summed E-state index contributed by atoms with van der Waals surface area (Å²) in [6.45, 7) is 1.40. The van der Waals surface area contributed by atoms with Gasteiger partial charge < -0.3 is 9.84 Å². The molecule has 0 saturated carbocycles. The SMILES string of the molecule is CSCCCOCCO. The molecular formula is C6H14O2S. The minimum Gasteiger partial charge on any atom is -0.394 e. The molecule has 0 heterocycles. The van der Waals surface area contributed by atoms with Crippen molar-refractivity contribution in [2.75, 3.05) is 31.8 Å². The molecule has 3 heteroatoms. The Kier molecular flexibility index (Phi) is 8.52. The quantitative estimate of drug-likeness (QED) is 0.566. The maximum absolute atomic E-state index is 8.29. The average Bonchev–Trinajstić information content (AvgIpc) is 1.89. The van der Waals surface area contributed by atoms with Crippen LogP contribution in [0.5, 0.6) is 0 Å². The summed E-state index contributed by atoms with van der Waals surface area (Å²) >= 11 is 1.82. The van der Waals surface area contributed by atoms with Crippen LogP contribution in [0.3, 0.4) is 0 Å². The summed E-state index contributed by atoms with van der Waals surface area (Å²) in [4.78, 5) is 0. The Balaban J connectivity index is 2.60. The fourth-order valence-corrected chi connectivity index (χ4v) is 0.878. The van der Waals surface area contributed by atoms with Crippen LogP contribution in [0, 0.1) is 0 Å². The first-order valence-corrected chi connectivity index (χ1v) is 4.48. The number of ether oxygens (including phenoxy) is 1. The lowest BCUT2D eigenvalue weighted by Gasteiger charge is -1.98. The number of hydrogen-bond acceptors (Lipinski definition) is 3. The lowest BCUT2D eigenvalue weighted by Crippen LogP contribution is -2.01. The lowest BCUT2D eigenvalue weighted by molar-refractivity contribution is 0.0933. The molecule has 0 spiro atoms. The van der Waals surface area contributed by atoms with E-state index in [-0.39, 0.29) is 6.61 Å². The van der Waals surface area contributed by atoms with Crippen LogP contribution in [0.25, 0.3) is 0 Å². The third-order valence-electron chi connectivity index (χ3n) is 0.873. The van der Waals surface area contributed by atoms with E-state index in [0.29, 0.717) is 6.61 Å². The van der Waals surface area contributed by atoms with E-state index in [9.17, 15) is 0 Å². The van der Waals surface area contributed by atoms with E-state index in [4.69, 9.17) is 9.84 Å². The Labute approximate surface area is 60.6 Å². The zero-order valence-electron chi connectivity index (χ0n) is 5.80. The summed E-state index contributed by atoms with van der Waals surface area (Å²) < 4.78 is 5.02. The van der Waals surface area contributed by atoms with E-state index in [0.717, 1.165) is 18.8 Å². The van der Waals surface area contributed by atoms with E-state index >= 15 is 0 Å². The molecule has 0 aromatic rings. The number of aliphatic hydroxyl groups is 1. The van der Waals surface area contributed by atoms with Crippen LogP contribution in [0.1, 0.15) is 6.42 Å². The van der Waals surface area contributed by atoms with E-state index in [1.54, 1.807) is 0 Å². The minimum absolute atomic E-state index is 0.138. The molecule has 0 amide bonds. The fraction of sp³-hybridized carbons (Fsp3) is 1.00. The second kappa shape index (κ2) is 8.27. The summed E-state index contributed by atoms with van der Waals surface area (Å²) in [6, 6.07) is 0. The highest BCUT2D eigenvalue weighted by Crippen LogP contribution is 1.94. The van der Waals surface area contributed by atoms with Gasteiger partial charge in [0.2, 0.25) is 0 Å². The molecule has 0 fully saturated rings. The van der Waals surface area contributed by atoms with Gasteiger partial charge in [-0.2, -0.15) is 11.8 Å². The van der Waals surface area contributed by atoms with Gasteiger partial charge in [-0.25, -0.2) is 0 Å². The molecule has 0 aliphatic carbocycles. The van der Waals surface area contributed by atoms with Crippen LogP contribution in [0.2, 0.25) is 0 Å². The summed E-state index contributed by atoms with van der Waals surface area (Å²) in [6.07, 6.45) is 3.16. The van der Waals surface area contributed by atoms with E-state index in [2.05, 4.69) is 6.26 Å². The molecule has 0 aliphatic heterocycles. The molecule has 0 saturated heterocycles. The molecule has 0 aliphatic rings. The highest BCUT2D eigenvalue weighted by molar-refractivity contribution is 7.98. The minimum atomic E-state index is 0.138. The van der Waals surface area contributed by atoms with Gasteiger partial charge in [-0.05, 0) is 18.4 Å². The summed E-state index contributed by atoms with van der Waals surface area (Å²) in [5, 5.41) is 8.29. The molecule has 9 heavy (non-hydrogen) atoms. The third kappa shape index (κ3) is 8.27. The maximum Gasteiger partial charge on any atom is 0.0697 e. The van der Waals surface area contributed by atoms with Gasteiger partial charge in [0.15, 0.2) is 0 Å². The topological polar surface area (TPSA) is 29.5 Å². The summed E-state index contributed by atoms with van der Waals surface area (Å²) in [7, 11) is 0. The second-order valence-corrected chi connectivity index (χ2v) is 2.67. The monoisotopic (exact) mass is 150 g/mol. The fourth-order valence-electron chi connectivity index (χ4n) is 0.472. The zero-order chi connectivity index (χ0) is 6.95. The first-order chi connectivity index (χ1) is 4.41. The lowest BCUT2D eigenvalue weighted by atomic mass is 10.5. The molecule has 2 nitrogen and oxygen atoms in total. The van der Waals surface area contributed by atoms with Gasteiger partial charge in [0.1, 0.15) is 0 Å². The van der Waals surface area contributed by atoms with Crippen molar-refractivity contribution < 1.29 is 9.84 Å². The molecule has 0 bridgehead atoms. The predicted molar refractivity (Wildman–Crippen MR) is 40.9 cm³/mol. The van der Waals surface area contributed by atoms with Crippen molar-refractivity contribution in [3.63, 3.8) is 0 Å². The Morgan fingerprint density at radius 3 is 2.78 bits per heavy atom. The van der Waals surface area contributed by atoms with Crippen LogP contribution in [-0.4, -0.2) is 36.9 Å². The second-order valence-electron chi connectivity index (χ2n) is 1.68. The maximum atomic E-state index is 8.29. The average molecular weight is 150 g/mol. The van der Waals surface area contributed by atoms with Gasteiger partial charge in [0, 0.05) is 6.61 Å². The van der Waals surface area contributed by atoms with Crippen molar-refractivity contribution in [3.8, 4) is 0 Å². The van der Waals surface area contributed by atoms with E-state index < -0.39 is 0 Å². The van der Waals surface area contributed by atoms with Gasteiger partial charge in [0.25, 0.3) is 0 Å². The van der Waals surface area contributed by atoms with Gasteiger partial charge in [-0.3, -0.25) is 0 Å². The van der Waals surface area contributed by atoms with Crippen molar-refractivity contribution in [2.45, 2.75) is 6.42 Å². The van der Waals surface area contributed by atoms with Crippen LogP contribution in [-0.2, 0) is 4.74 Å². The number of rotatable bonds is 6. The first kappa shape index (κ1) is 9.27. The molecule has 0 rings (SSSR count). The standard InChI is InChI=1S/C6H14O2S/c1-9-6-2-4-8-5-3-7/h7H,2-6H2,1H3. The number of hydrogen-bond donors (Lipinski definition) is 1. The largest absolute Gasteiger partial charge is 0.394 e.